The quantitative estimate of drug-likeness (QED) is 0.860. The number of benzene rings is 2. The summed E-state index contributed by atoms with van der Waals surface area (Å²) in [5.41, 5.74) is 4.91. The van der Waals surface area contributed by atoms with Crippen LogP contribution in [0.25, 0.3) is 0 Å². The number of para-hydroxylation sites is 1. The number of rotatable bonds is 4. The summed E-state index contributed by atoms with van der Waals surface area (Å²) in [5, 5.41) is 2.00. The van der Waals surface area contributed by atoms with E-state index in [1.807, 2.05) is 49.3 Å². The Labute approximate surface area is 168 Å². The number of hydrogen-bond acceptors (Lipinski definition) is 4. The molecule has 2 aromatic rings. The highest BCUT2D eigenvalue weighted by molar-refractivity contribution is 6.31. The van der Waals surface area contributed by atoms with Gasteiger partial charge in [0.1, 0.15) is 5.82 Å². The van der Waals surface area contributed by atoms with Crippen molar-refractivity contribution in [1.82, 2.24) is 15.3 Å². The smallest absolute Gasteiger partial charge is 0.308 e. The monoisotopic (exact) mass is 397 g/mol. The first kappa shape index (κ1) is 18.3. The molecule has 0 aromatic heterocycles. The Balaban J connectivity index is 1.81. The molecule has 1 fully saturated rings. The van der Waals surface area contributed by atoms with E-state index < -0.39 is 0 Å². The van der Waals surface area contributed by atoms with Crippen molar-refractivity contribution >= 4 is 40.6 Å². The fraction of sp³-hybridized carbons (Fsp3) is 0.200. The molecule has 3 amide bonds. The zero-order chi connectivity index (χ0) is 19.8. The fourth-order valence-electron chi connectivity index (χ4n) is 3.25. The van der Waals surface area contributed by atoms with Crippen molar-refractivity contribution in [1.29, 1.82) is 0 Å². The van der Waals surface area contributed by atoms with E-state index in [9.17, 15) is 9.59 Å². The van der Waals surface area contributed by atoms with Gasteiger partial charge in [0, 0.05) is 23.3 Å². The number of halogens is 1. The number of urea groups is 1. The molecule has 28 heavy (non-hydrogen) atoms. The van der Waals surface area contributed by atoms with Gasteiger partial charge in [0.2, 0.25) is 0 Å². The number of carbonyl (C=O) groups excluding carboxylic acids is 2. The van der Waals surface area contributed by atoms with Crippen LogP contribution in [-0.4, -0.2) is 49.0 Å². The Morgan fingerprint density at radius 1 is 1.00 bits per heavy atom. The second-order valence-corrected chi connectivity index (χ2v) is 7.29. The highest BCUT2D eigenvalue weighted by Crippen LogP contribution is 2.41. The number of amides is 3. The number of likely N-dealkylation sites (N-methyl/N-ethyl adjacent to an activating group) is 1. The van der Waals surface area contributed by atoms with Gasteiger partial charge in [-0.05, 0) is 44.4 Å². The first-order chi connectivity index (χ1) is 13.5. The molecule has 4 rings (SSSR count). The molecule has 2 aliphatic rings. The van der Waals surface area contributed by atoms with Gasteiger partial charge in [-0.15, -0.1) is 0 Å². The molecule has 0 unspecified atom stereocenters. The predicted molar refractivity (Wildman–Crippen MR) is 109 cm³/mol. The minimum atomic E-state index is -0.262. The second-order valence-electron chi connectivity index (χ2n) is 6.86. The number of hydrogen-bond donors (Lipinski definition) is 1. The maximum atomic E-state index is 13.1. The number of anilines is 3. The van der Waals surface area contributed by atoms with Crippen molar-refractivity contribution in [3.8, 4) is 0 Å². The SMILES string of the molecule is CN(C)CCN1NC2=CC(=O)N(c3ccccc3)c3cc(Cl)ccc3N2C1=O. The van der Waals surface area contributed by atoms with Crippen LogP contribution in [0.4, 0.5) is 21.9 Å². The number of hydrazine groups is 1. The minimum Gasteiger partial charge on any atom is -0.308 e. The lowest BCUT2D eigenvalue weighted by Crippen LogP contribution is -2.40. The van der Waals surface area contributed by atoms with Gasteiger partial charge in [-0.25, -0.2) is 14.7 Å². The Morgan fingerprint density at radius 2 is 1.75 bits per heavy atom. The molecule has 1 N–H and O–H groups in total. The van der Waals surface area contributed by atoms with E-state index in [1.165, 1.54) is 16.0 Å². The maximum absolute atomic E-state index is 13.1. The molecule has 8 heteroatoms. The summed E-state index contributed by atoms with van der Waals surface area (Å²) < 4.78 is 0. The normalized spacial score (nSPS) is 16.0. The van der Waals surface area contributed by atoms with Crippen LogP contribution < -0.4 is 15.2 Å². The van der Waals surface area contributed by atoms with Gasteiger partial charge < -0.3 is 4.90 Å². The summed E-state index contributed by atoms with van der Waals surface area (Å²) in [6.45, 7) is 1.18. The lowest BCUT2D eigenvalue weighted by Gasteiger charge is -2.25. The van der Waals surface area contributed by atoms with Crippen LogP contribution in [0.15, 0.2) is 60.4 Å². The summed E-state index contributed by atoms with van der Waals surface area (Å²) in [4.78, 5) is 31.2. The third-order valence-electron chi connectivity index (χ3n) is 4.60. The van der Waals surface area contributed by atoms with Crippen LogP contribution in [0.3, 0.4) is 0 Å². The van der Waals surface area contributed by atoms with Crippen molar-refractivity contribution in [2.45, 2.75) is 0 Å². The van der Waals surface area contributed by atoms with E-state index in [0.717, 1.165) is 0 Å². The first-order valence-corrected chi connectivity index (χ1v) is 9.27. The van der Waals surface area contributed by atoms with E-state index in [0.29, 0.717) is 41.0 Å². The zero-order valence-corrected chi connectivity index (χ0v) is 16.3. The summed E-state index contributed by atoms with van der Waals surface area (Å²) in [6, 6.07) is 14.2. The van der Waals surface area contributed by atoms with E-state index in [4.69, 9.17) is 11.6 Å². The summed E-state index contributed by atoms with van der Waals surface area (Å²) >= 11 is 6.23. The maximum Gasteiger partial charge on any atom is 0.349 e. The zero-order valence-electron chi connectivity index (χ0n) is 15.6. The third-order valence-corrected chi connectivity index (χ3v) is 4.83. The van der Waals surface area contributed by atoms with Crippen LogP contribution >= 0.6 is 11.6 Å². The van der Waals surface area contributed by atoms with Gasteiger partial charge in [0.25, 0.3) is 5.91 Å². The second kappa shape index (κ2) is 7.18. The van der Waals surface area contributed by atoms with Crippen LogP contribution in [0.5, 0.6) is 0 Å². The highest BCUT2D eigenvalue weighted by Gasteiger charge is 2.39. The van der Waals surface area contributed by atoms with Crippen LogP contribution in [0.2, 0.25) is 5.02 Å². The molecular weight excluding hydrogens is 378 g/mol. The Bertz CT molecular complexity index is 960. The lowest BCUT2D eigenvalue weighted by atomic mass is 10.2. The summed E-state index contributed by atoms with van der Waals surface area (Å²) in [5.74, 6) is 0.165. The number of carbonyl (C=O) groups is 2. The average molecular weight is 398 g/mol. The summed E-state index contributed by atoms with van der Waals surface area (Å²) in [6.07, 6.45) is 1.44. The van der Waals surface area contributed by atoms with Crippen LogP contribution in [-0.2, 0) is 4.79 Å². The molecule has 0 saturated carbocycles. The fourth-order valence-corrected chi connectivity index (χ4v) is 3.42. The number of nitrogens with one attached hydrogen (secondary N) is 1. The Kier molecular flexibility index (Phi) is 4.70. The van der Waals surface area contributed by atoms with Gasteiger partial charge in [0.15, 0.2) is 0 Å². The van der Waals surface area contributed by atoms with Crippen LogP contribution in [0, 0.1) is 0 Å². The van der Waals surface area contributed by atoms with Gasteiger partial charge in [0.05, 0.1) is 17.9 Å². The molecule has 0 atom stereocenters. The van der Waals surface area contributed by atoms with Gasteiger partial charge in [-0.3, -0.25) is 15.1 Å². The topological polar surface area (TPSA) is 59.1 Å². The van der Waals surface area contributed by atoms with Gasteiger partial charge >= 0.3 is 6.03 Å². The molecule has 144 valence electrons. The molecular formula is C20H20ClN5O2. The average Bonchev–Trinajstić information content (AvgIpc) is 2.90. The number of nitrogens with zero attached hydrogens (tertiary/aromatic N) is 4. The third kappa shape index (κ3) is 3.19. The van der Waals surface area contributed by atoms with E-state index in [-0.39, 0.29) is 11.9 Å². The number of fused-ring (bicyclic) bond motifs is 3. The molecule has 0 spiro atoms. The Hall–Kier alpha value is -3.03. The molecule has 7 nitrogen and oxygen atoms in total. The van der Waals surface area contributed by atoms with Crippen molar-refractivity contribution < 1.29 is 9.59 Å². The minimum absolute atomic E-state index is 0.237. The molecule has 2 heterocycles. The van der Waals surface area contributed by atoms with Gasteiger partial charge in [-0.2, -0.15) is 0 Å². The molecule has 2 aliphatic heterocycles. The largest absolute Gasteiger partial charge is 0.349 e. The van der Waals surface area contributed by atoms with Crippen molar-refractivity contribution in [3.05, 3.63) is 65.5 Å². The summed E-state index contributed by atoms with van der Waals surface area (Å²) in [7, 11) is 3.88. The first-order valence-electron chi connectivity index (χ1n) is 8.89. The van der Waals surface area contributed by atoms with E-state index in [2.05, 4.69) is 5.43 Å². The predicted octanol–water partition coefficient (Wildman–Crippen LogP) is 3.17. The molecule has 0 radical (unpaired) electrons. The van der Waals surface area contributed by atoms with E-state index >= 15 is 0 Å². The molecule has 1 saturated heterocycles. The van der Waals surface area contributed by atoms with Crippen LogP contribution in [0.1, 0.15) is 0 Å². The molecule has 2 aromatic carbocycles. The molecule has 0 bridgehead atoms. The van der Waals surface area contributed by atoms with Gasteiger partial charge in [-0.1, -0.05) is 29.8 Å². The lowest BCUT2D eigenvalue weighted by molar-refractivity contribution is -0.113. The standard InChI is InChI=1S/C20H20ClN5O2/c1-23(2)10-11-24-20(28)26-16-9-8-14(21)12-17(16)25(15-6-4-3-5-7-15)19(27)13-18(26)22-24/h3-9,12-13,22H,10-11H2,1-2H3. The van der Waals surface area contributed by atoms with Crippen molar-refractivity contribution in [3.63, 3.8) is 0 Å². The Morgan fingerprint density at radius 3 is 2.46 bits per heavy atom. The van der Waals surface area contributed by atoms with Crippen molar-refractivity contribution in [2.24, 2.45) is 0 Å². The molecule has 0 aliphatic carbocycles. The highest BCUT2D eigenvalue weighted by atomic mass is 35.5. The van der Waals surface area contributed by atoms with E-state index in [1.54, 1.807) is 23.1 Å². The van der Waals surface area contributed by atoms with Crippen molar-refractivity contribution in [2.75, 3.05) is 37.0 Å².